The molecule has 0 saturated heterocycles. The molecule has 0 aliphatic heterocycles. The summed E-state index contributed by atoms with van der Waals surface area (Å²) >= 11 is 0. The van der Waals surface area contributed by atoms with Gasteiger partial charge in [-0.05, 0) is 19.1 Å². The lowest BCUT2D eigenvalue weighted by atomic mass is 10.1. The molecule has 4 heteroatoms. The van der Waals surface area contributed by atoms with Gasteiger partial charge in [-0.2, -0.15) is 8.42 Å². The van der Waals surface area contributed by atoms with E-state index in [4.69, 9.17) is 5.73 Å². The predicted octanol–water partition coefficient (Wildman–Crippen LogP) is 0.231. The number of nitrogens with two attached hydrogens (primary N) is 1. The number of hydrogen-bond acceptors (Lipinski definition) is 3. The molecule has 0 amide bonds. The van der Waals surface area contributed by atoms with Crippen LogP contribution in [0.4, 0.5) is 0 Å². The topological polar surface area (TPSA) is 60.2 Å². The van der Waals surface area contributed by atoms with E-state index in [1.54, 1.807) is 6.08 Å². The first-order valence-corrected chi connectivity index (χ1v) is 4.26. The average Bonchev–Trinajstić information content (AvgIpc) is 1.85. The van der Waals surface area contributed by atoms with Crippen molar-refractivity contribution in [1.29, 1.82) is 0 Å². The first kappa shape index (κ1) is 8.07. The summed E-state index contributed by atoms with van der Waals surface area (Å²) in [4.78, 5) is 0.363. The first-order chi connectivity index (χ1) is 5.09. The van der Waals surface area contributed by atoms with E-state index in [1.165, 1.54) is 6.08 Å². The fourth-order valence-corrected chi connectivity index (χ4v) is 1.57. The highest BCUT2D eigenvalue weighted by Gasteiger charge is 2.05. The van der Waals surface area contributed by atoms with Gasteiger partial charge in [0.15, 0.2) is 0 Å². The normalized spacial score (nSPS) is 17.4. The van der Waals surface area contributed by atoms with Crippen molar-refractivity contribution in [3.8, 4) is 0 Å². The molecule has 3 nitrogen and oxygen atoms in total. The second-order valence-electron chi connectivity index (χ2n) is 2.51. The quantitative estimate of drug-likeness (QED) is 0.531. The SMILES string of the molecule is CC1=CC(N)=CC(=S(=O)=O)C1. The Kier molecular flexibility index (Phi) is 2.14. The Morgan fingerprint density at radius 2 is 2.09 bits per heavy atom. The van der Waals surface area contributed by atoms with Crippen molar-refractivity contribution in [2.24, 2.45) is 5.73 Å². The third-order valence-electron chi connectivity index (χ3n) is 1.41. The van der Waals surface area contributed by atoms with Crippen molar-refractivity contribution in [3.05, 3.63) is 23.4 Å². The predicted molar refractivity (Wildman–Crippen MR) is 44.6 cm³/mol. The molecule has 0 aromatic heterocycles. The Hall–Kier alpha value is -1.03. The van der Waals surface area contributed by atoms with Crippen LogP contribution >= 0.6 is 0 Å². The third-order valence-corrected chi connectivity index (χ3v) is 2.10. The first-order valence-electron chi connectivity index (χ1n) is 3.19. The molecule has 2 N–H and O–H groups in total. The van der Waals surface area contributed by atoms with E-state index in [-0.39, 0.29) is 0 Å². The summed E-state index contributed by atoms with van der Waals surface area (Å²) in [6.07, 6.45) is 3.74. The molecule has 0 spiro atoms. The van der Waals surface area contributed by atoms with Gasteiger partial charge >= 0.3 is 0 Å². The van der Waals surface area contributed by atoms with Crippen LogP contribution in [0.1, 0.15) is 13.3 Å². The highest BCUT2D eigenvalue weighted by Crippen LogP contribution is 2.10. The Labute approximate surface area is 66.7 Å². The number of rotatable bonds is 0. The van der Waals surface area contributed by atoms with Crippen molar-refractivity contribution < 1.29 is 8.42 Å². The van der Waals surface area contributed by atoms with E-state index < -0.39 is 10.3 Å². The summed E-state index contributed by atoms with van der Waals surface area (Å²) in [7, 11) is -2.12. The molecule has 0 fully saturated rings. The van der Waals surface area contributed by atoms with Crippen molar-refractivity contribution in [1.82, 2.24) is 0 Å². The highest BCUT2D eigenvalue weighted by atomic mass is 32.2. The van der Waals surface area contributed by atoms with Gasteiger partial charge in [-0.3, -0.25) is 0 Å². The zero-order chi connectivity index (χ0) is 8.43. The zero-order valence-corrected chi connectivity index (χ0v) is 6.98. The van der Waals surface area contributed by atoms with Crippen LogP contribution < -0.4 is 5.73 Å². The molecule has 60 valence electrons. The van der Waals surface area contributed by atoms with Gasteiger partial charge in [-0.15, -0.1) is 0 Å². The van der Waals surface area contributed by atoms with Gasteiger partial charge in [0.05, 0.1) is 4.86 Å². The number of allylic oxidation sites excluding steroid dienone is 3. The van der Waals surface area contributed by atoms with E-state index in [2.05, 4.69) is 0 Å². The van der Waals surface area contributed by atoms with Crippen LogP contribution in [0.3, 0.4) is 0 Å². The largest absolute Gasteiger partial charge is 0.399 e. The van der Waals surface area contributed by atoms with Crippen molar-refractivity contribution in [2.75, 3.05) is 0 Å². The summed E-state index contributed by atoms with van der Waals surface area (Å²) < 4.78 is 21.0. The molecule has 0 bridgehead atoms. The van der Waals surface area contributed by atoms with Gasteiger partial charge in [0.25, 0.3) is 0 Å². The monoisotopic (exact) mass is 171 g/mol. The molecule has 11 heavy (non-hydrogen) atoms. The van der Waals surface area contributed by atoms with Gasteiger partial charge in [0, 0.05) is 12.1 Å². The maximum absolute atomic E-state index is 10.5. The third kappa shape index (κ3) is 1.94. The molecule has 0 atom stereocenters. The Morgan fingerprint density at radius 1 is 1.45 bits per heavy atom. The van der Waals surface area contributed by atoms with Crippen LogP contribution in [0.5, 0.6) is 0 Å². The Balaban J connectivity index is 3.17. The minimum atomic E-state index is -2.12. The van der Waals surface area contributed by atoms with Crippen molar-refractivity contribution in [2.45, 2.75) is 13.3 Å². The standard InChI is InChI=1S/C7H9NO2S/c1-5-2-6(8)4-7(3-5)11(9)10/h2,4H,3,8H2,1H3. The van der Waals surface area contributed by atoms with Crippen molar-refractivity contribution in [3.63, 3.8) is 0 Å². The molecule has 0 aromatic carbocycles. The summed E-state index contributed by atoms with van der Waals surface area (Å²) in [6, 6.07) is 0. The van der Waals surface area contributed by atoms with Crippen LogP contribution in [0, 0.1) is 0 Å². The second-order valence-corrected chi connectivity index (χ2v) is 3.51. The summed E-state index contributed by atoms with van der Waals surface area (Å²) in [5, 5.41) is 0. The highest BCUT2D eigenvalue weighted by molar-refractivity contribution is 7.73. The van der Waals surface area contributed by atoms with Gasteiger partial charge < -0.3 is 5.73 Å². The lowest BCUT2D eigenvalue weighted by Gasteiger charge is -2.05. The minimum absolute atomic E-state index is 0.363. The fraction of sp³-hybridized carbons (Fsp3) is 0.286. The fourth-order valence-electron chi connectivity index (χ4n) is 0.996. The molecule has 1 aliphatic carbocycles. The van der Waals surface area contributed by atoms with Gasteiger partial charge in [-0.1, -0.05) is 5.57 Å². The van der Waals surface area contributed by atoms with Crippen LogP contribution in [-0.2, 0) is 10.3 Å². The van der Waals surface area contributed by atoms with Gasteiger partial charge in [-0.25, -0.2) is 0 Å². The van der Waals surface area contributed by atoms with E-state index in [0.717, 1.165) is 5.57 Å². The lowest BCUT2D eigenvalue weighted by Crippen LogP contribution is -2.07. The van der Waals surface area contributed by atoms with E-state index in [0.29, 0.717) is 17.0 Å². The molecular weight excluding hydrogens is 162 g/mol. The molecule has 1 rings (SSSR count). The molecule has 0 aromatic rings. The van der Waals surface area contributed by atoms with Crippen molar-refractivity contribution >= 4 is 15.2 Å². The molecule has 0 unspecified atom stereocenters. The Morgan fingerprint density at radius 3 is 2.55 bits per heavy atom. The minimum Gasteiger partial charge on any atom is -0.399 e. The molecule has 1 aliphatic rings. The van der Waals surface area contributed by atoms with Crippen LogP contribution in [-0.4, -0.2) is 13.3 Å². The maximum atomic E-state index is 10.5. The average molecular weight is 171 g/mol. The van der Waals surface area contributed by atoms with E-state index in [1.807, 2.05) is 6.92 Å². The smallest absolute Gasteiger partial charge is 0.217 e. The lowest BCUT2D eigenvalue weighted by molar-refractivity contribution is 0.627. The summed E-state index contributed by atoms with van der Waals surface area (Å²) in [5.74, 6) is 0. The summed E-state index contributed by atoms with van der Waals surface area (Å²) in [6.45, 7) is 1.85. The Bertz CT molecular complexity index is 352. The molecule has 0 heterocycles. The van der Waals surface area contributed by atoms with Gasteiger partial charge in [0.2, 0.25) is 10.3 Å². The van der Waals surface area contributed by atoms with Gasteiger partial charge in [0.1, 0.15) is 0 Å². The second kappa shape index (κ2) is 2.92. The van der Waals surface area contributed by atoms with E-state index >= 15 is 0 Å². The van der Waals surface area contributed by atoms with Crippen LogP contribution in [0.15, 0.2) is 23.4 Å². The zero-order valence-electron chi connectivity index (χ0n) is 6.16. The molecule has 0 radical (unpaired) electrons. The number of hydrogen-bond donors (Lipinski definition) is 1. The van der Waals surface area contributed by atoms with E-state index in [9.17, 15) is 8.42 Å². The van der Waals surface area contributed by atoms with Crippen LogP contribution in [0.25, 0.3) is 0 Å². The van der Waals surface area contributed by atoms with Crippen LogP contribution in [0.2, 0.25) is 0 Å². The molecule has 0 saturated carbocycles. The summed E-state index contributed by atoms with van der Waals surface area (Å²) in [5.41, 5.74) is 6.93. The maximum Gasteiger partial charge on any atom is 0.217 e. The molecular formula is C7H9NO2S.